The van der Waals surface area contributed by atoms with Crippen molar-refractivity contribution in [3.8, 4) is 0 Å². The normalized spacial score (nSPS) is 26.7. The van der Waals surface area contributed by atoms with Crippen LogP contribution in [0.1, 0.15) is 29.6 Å². The Morgan fingerprint density at radius 1 is 1.33 bits per heavy atom. The average Bonchev–Trinajstić information content (AvgIpc) is 3.11. The Bertz CT molecular complexity index is 590. The lowest BCUT2D eigenvalue weighted by molar-refractivity contribution is -0.120. The summed E-state index contributed by atoms with van der Waals surface area (Å²) < 4.78 is 0. The maximum atomic E-state index is 12.4. The number of amides is 2. The Labute approximate surface area is 128 Å². The summed E-state index contributed by atoms with van der Waals surface area (Å²) in [6.45, 7) is 0. The van der Waals surface area contributed by atoms with E-state index in [1.807, 2.05) is 0 Å². The van der Waals surface area contributed by atoms with Crippen LogP contribution in [0, 0.1) is 5.92 Å². The van der Waals surface area contributed by atoms with E-state index in [4.69, 9.17) is 11.6 Å². The van der Waals surface area contributed by atoms with Crippen molar-refractivity contribution in [3.63, 3.8) is 0 Å². The molecular weight excluding hydrogens is 290 g/mol. The quantitative estimate of drug-likeness (QED) is 0.797. The molecule has 2 fully saturated rings. The molecule has 2 amide bonds. The SMILES string of the molecule is CNC(=O)c1cc(NC(=O)C2CC3CCC2N3)ccc1Cl. The highest BCUT2D eigenvalue weighted by Crippen LogP contribution is 2.34. The maximum Gasteiger partial charge on any atom is 0.252 e. The van der Waals surface area contributed by atoms with Crippen molar-refractivity contribution in [2.45, 2.75) is 31.3 Å². The van der Waals surface area contributed by atoms with Gasteiger partial charge in [-0.25, -0.2) is 0 Å². The number of fused-ring (bicyclic) bond motifs is 2. The molecule has 2 bridgehead atoms. The van der Waals surface area contributed by atoms with E-state index in [9.17, 15) is 9.59 Å². The number of halogens is 1. The van der Waals surface area contributed by atoms with Gasteiger partial charge in [0.2, 0.25) is 5.91 Å². The molecule has 2 aliphatic rings. The Kier molecular flexibility index (Phi) is 3.87. The van der Waals surface area contributed by atoms with E-state index >= 15 is 0 Å². The molecule has 3 unspecified atom stereocenters. The molecule has 112 valence electrons. The van der Waals surface area contributed by atoms with Crippen molar-refractivity contribution < 1.29 is 9.59 Å². The fourth-order valence-electron chi connectivity index (χ4n) is 3.26. The molecule has 3 N–H and O–H groups in total. The van der Waals surface area contributed by atoms with E-state index < -0.39 is 0 Å². The van der Waals surface area contributed by atoms with Crippen LogP contribution in [0.15, 0.2) is 18.2 Å². The Morgan fingerprint density at radius 2 is 2.14 bits per heavy atom. The van der Waals surface area contributed by atoms with Gasteiger partial charge in [-0.15, -0.1) is 0 Å². The van der Waals surface area contributed by atoms with Gasteiger partial charge in [-0.2, -0.15) is 0 Å². The summed E-state index contributed by atoms with van der Waals surface area (Å²) in [5, 5.41) is 9.25. The van der Waals surface area contributed by atoms with Gasteiger partial charge in [0, 0.05) is 24.8 Å². The zero-order chi connectivity index (χ0) is 15.0. The molecule has 1 aromatic carbocycles. The summed E-state index contributed by atoms with van der Waals surface area (Å²) in [6.07, 6.45) is 3.12. The average molecular weight is 308 g/mol. The van der Waals surface area contributed by atoms with Gasteiger partial charge in [0.25, 0.3) is 5.91 Å². The van der Waals surface area contributed by atoms with E-state index in [0.29, 0.717) is 28.4 Å². The summed E-state index contributed by atoms with van der Waals surface area (Å²) in [7, 11) is 1.55. The summed E-state index contributed by atoms with van der Waals surface area (Å²) in [4.78, 5) is 24.1. The van der Waals surface area contributed by atoms with Crippen molar-refractivity contribution in [2.75, 3.05) is 12.4 Å². The molecular formula is C15H18ClN3O2. The topological polar surface area (TPSA) is 70.2 Å². The Balaban J connectivity index is 1.73. The molecule has 0 saturated carbocycles. The summed E-state index contributed by atoms with van der Waals surface area (Å²) in [5.74, 6) is -0.236. The number of hydrogen-bond donors (Lipinski definition) is 3. The largest absolute Gasteiger partial charge is 0.355 e. The highest BCUT2D eigenvalue weighted by atomic mass is 35.5. The lowest BCUT2D eigenvalue weighted by Gasteiger charge is -2.19. The van der Waals surface area contributed by atoms with E-state index in [1.165, 1.54) is 0 Å². The first-order valence-corrected chi connectivity index (χ1v) is 7.55. The number of nitrogens with one attached hydrogen (secondary N) is 3. The number of carbonyl (C=O) groups is 2. The third-order valence-electron chi connectivity index (χ3n) is 4.34. The number of anilines is 1. The van der Waals surface area contributed by atoms with Gasteiger partial charge in [0.15, 0.2) is 0 Å². The second-order valence-corrected chi connectivity index (χ2v) is 6.06. The summed E-state index contributed by atoms with van der Waals surface area (Å²) >= 11 is 6.00. The number of carbonyl (C=O) groups excluding carboxylic acids is 2. The first-order chi connectivity index (χ1) is 10.1. The molecule has 0 spiro atoms. The molecule has 2 saturated heterocycles. The van der Waals surface area contributed by atoms with Crippen LogP contribution in [0.4, 0.5) is 5.69 Å². The highest BCUT2D eigenvalue weighted by Gasteiger charge is 2.42. The molecule has 2 heterocycles. The van der Waals surface area contributed by atoms with Crippen LogP contribution in [0.5, 0.6) is 0 Å². The summed E-state index contributed by atoms with van der Waals surface area (Å²) in [5.41, 5.74) is 0.966. The third-order valence-corrected chi connectivity index (χ3v) is 4.67. The van der Waals surface area contributed by atoms with E-state index in [1.54, 1.807) is 25.2 Å². The number of hydrogen-bond acceptors (Lipinski definition) is 3. The maximum absolute atomic E-state index is 12.4. The van der Waals surface area contributed by atoms with Gasteiger partial charge < -0.3 is 16.0 Å². The van der Waals surface area contributed by atoms with Gasteiger partial charge in [-0.3, -0.25) is 9.59 Å². The third kappa shape index (κ3) is 2.76. The fourth-order valence-corrected chi connectivity index (χ4v) is 3.46. The molecule has 5 nitrogen and oxygen atoms in total. The van der Waals surface area contributed by atoms with Crippen molar-refractivity contribution in [1.82, 2.24) is 10.6 Å². The summed E-state index contributed by atoms with van der Waals surface area (Å²) in [6, 6.07) is 5.73. The minimum atomic E-state index is -0.266. The highest BCUT2D eigenvalue weighted by molar-refractivity contribution is 6.34. The van der Waals surface area contributed by atoms with Gasteiger partial charge >= 0.3 is 0 Å². The fraction of sp³-hybridized carbons (Fsp3) is 0.467. The van der Waals surface area contributed by atoms with Crippen molar-refractivity contribution in [1.29, 1.82) is 0 Å². The van der Waals surface area contributed by atoms with Crippen LogP contribution in [0.2, 0.25) is 5.02 Å². The van der Waals surface area contributed by atoms with Crippen molar-refractivity contribution in [2.24, 2.45) is 5.92 Å². The molecule has 0 aliphatic carbocycles. The van der Waals surface area contributed by atoms with E-state index in [0.717, 1.165) is 19.3 Å². The van der Waals surface area contributed by atoms with Crippen LogP contribution < -0.4 is 16.0 Å². The lowest BCUT2D eigenvalue weighted by atomic mass is 9.88. The lowest BCUT2D eigenvalue weighted by Crippen LogP contribution is -2.32. The molecule has 0 radical (unpaired) electrons. The Hall–Kier alpha value is -1.59. The monoisotopic (exact) mass is 307 g/mol. The minimum absolute atomic E-state index is 0.0138. The molecule has 2 aliphatic heterocycles. The molecule has 6 heteroatoms. The van der Waals surface area contributed by atoms with Gasteiger partial charge in [-0.05, 0) is 37.5 Å². The smallest absolute Gasteiger partial charge is 0.252 e. The molecule has 3 rings (SSSR count). The van der Waals surface area contributed by atoms with Gasteiger partial charge in [-0.1, -0.05) is 11.6 Å². The molecule has 1 aromatic rings. The van der Waals surface area contributed by atoms with Crippen LogP contribution in [-0.4, -0.2) is 30.9 Å². The molecule has 21 heavy (non-hydrogen) atoms. The molecule has 0 aromatic heterocycles. The van der Waals surface area contributed by atoms with Gasteiger partial charge in [0.1, 0.15) is 0 Å². The molecule has 3 atom stereocenters. The van der Waals surface area contributed by atoms with E-state index in [-0.39, 0.29) is 17.7 Å². The zero-order valence-corrected chi connectivity index (χ0v) is 12.5. The first-order valence-electron chi connectivity index (χ1n) is 7.17. The number of rotatable bonds is 3. The zero-order valence-electron chi connectivity index (χ0n) is 11.8. The predicted octanol–water partition coefficient (Wildman–Crippen LogP) is 1.78. The van der Waals surface area contributed by atoms with Crippen LogP contribution in [0.25, 0.3) is 0 Å². The van der Waals surface area contributed by atoms with Crippen LogP contribution in [-0.2, 0) is 4.79 Å². The van der Waals surface area contributed by atoms with Crippen LogP contribution in [0.3, 0.4) is 0 Å². The van der Waals surface area contributed by atoms with E-state index in [2.05, 4.69) is 16.0 Å². The predicted molar refractivity (Wildman–Crippen MR) is 81.5 cm³/mol. The van der Waals surface area contributed by atoms with Crippen molar-refractivity contribution >= 4 is 29.1 Å². The standard InChI is InChI=1S/C15H18ClN3O2/c1-17-14(20)10-6-9(2-4-12(10)16)19-15(21)11-7-8-3-5-13(11)18-8/h2,4,6,8,11,13,18H,3,5,7H2,1H3,(H,17,20)(H,19,21). The number of benzene rings is 1. The Morgan fingerprint density at radius 3 is 2.76 bits per heavy atom. The first kappa shape index (κ1) is 14.4. The van der Waals surface area contributed by atoms with Gasteiger partial charge in [0.05, 0.1) is 16.5 Å². The minimum Gasteiger partial charge on any atom is -0.355 e. The van der Waals surface area contributed by atoms with Crippen molar-refractivity contribution in [3.05, 3.63) is 28.8 Å². The second kappa shape index (κ2) is 5.66. The second-order valence-electron chi connectivity index (χ2n) is 5.65. The van der Waals surface area contributed by atoms with Crippen LogP contribution >= 0.6 is 11.6 Å².